The minimum atomic E-state index is 0.393. The van der Waals surface area contributed by atoms with Gasteiger partial charge in [0.15, 0.2) is 0 Å². The summed E-state index contributed by atoms with van der Waals surface area (Å²) in [6, 6.07) is 5.69. The first-order valence-corrected chi connectivity index (χ1v) is 5.27. The number of aryl methyl sites for hydroxylation is 1. The fourth-order valence-electron chi connectivity index (χ4n) is 2.20. The highest BCUT2D eigenvalue weighted by Gasteiger charge is 2.16. The fourth-order valence-corrected chi connectivity index (χ4v) is 2.20. The van der Waals surface area contributed by atoms with Crippen molar-refractivity contribution in [3.05, 3.63) is 29.3 Å². The van der Waals surface area contributed by atoms with Crippen LogP contribution in [0.5, 0.6) is 5.75 Å². The van der Waals surface area contributed by atoms with Crippen molar-refractivity contribution in [2.45, 2.75) is 25.7 Å². The summed E-state index contributed by atoms with van der Waals surface area (Å²) in [5.74, 6) is 1.02. The SMILES string of the molecule is Cc1ccc(O)cc1C1CCNCC1. The molecule has 0 aromatic heterocycles. The van der Waals surface area contributed by atoms with Crippen molar-refractivity contribution in [1.82, 2.24) is 5.32 Å². The molecular formula is C12H17NO. The normalized spacial score (nSPS) is 18.4. The highest BCUT2D eigenvalue weighted by molar-refractivity contribution is 5.36. The van der Waals surface area contributed by atoms with E-state index < -0.39 is 0 Å². The monoisotopic (exact) mass is 191 g/mol. The second-order valence-corrected chi connectivity index (χ2v) is 4.07. The van der Waals surface area contributed by atoms with Crippen LogP contribution in [-0.2, 0) is 0 Å². The van der Waals surface area contributed by atoms with E-state index in [1.165, 1.54) is 24.0 Å². The van der Waals surface area contributed by atoms with Crippen molar-refractivity contribution in [3.8, 4) is 5.75 Å². The lowest BCUT2D eigenvalue weighted by Crippen LogP contribution is -2.26. The van der Waals surface area contributed by atoms with Gasteiger partial charge in [-0.2, -0.15) is 0 Å². The second kappa shape index (κ2) is 4.01. The first kappa shape index (κ1) is 9.53. The highest BCUT2D eigenvalue weighted by atomic mass is 16.3. The molecule has 2 rings (SSSR count). The Hall–Kier alpha value is -1.02. The third-order valence-electron chi connectivity index (χ3n) is 3.04. The van der Waals surface area contributed by atoms with E-state index in [1.807, 2.05) is 12.1 Å². The molecule has 14 heavy (non-hydrogen) atoms. The summed E-state index contributed by atoms with van der Waals surface area (Å²) in [6.45, 7) is 4.32. The van der Waals surface area contributed by atoms with Gasteiger partial charge in [0, 0.05) is 0 Å². The van der Waals surface area contributed by atoms with Crippen molar-refractivity contribution < 1.29 is 5.11 Å². The summed E-state index contributed by atoms with van der Waals surface area (Å²) < 4.78 is 0. The molecule has 0 aliphatic carbocycles. The second-order valence-electron chi connectivity index (χ2n) is 4.07. The number of phenols is 1. The molecule has 1 aliphatic rings. The van der Waals surface area contributed by atoms with Gasteiger partial charge in [-0.3, -0.25) is 0 Å². The number of piperidine rings is 1. The Kier molecular flexibility index (Phi) is 2.73. The summed E-state index contributed by atoms with van der Waals surface area (Å²) in [7, 11) is 0. The van der Waals surface area contributed by atoms with Gasteiger partial charge in [-0.1, -0.05) is 6.07 Å². The molecule has 1 saturated heterocycles. The zero-order valence-corrected chi connectivity index (χ0v) is 8.59. The Balaban J connectivity index is 2.24. The molecule has 76 valence electrons. The van der Waals surface area contributed by atoms with Gasteiger partial charge < -0.3 is 10.4 Å². The number of hydrogen-bond donors (Lipinski definition) is 2. The number of nitrogens with one attached hydrogen (secondary N) is 1. The summed E-state index contributed by atoms with van der Waals surface area (Å²) in [6.07, 6.45) is 2.37. The van der Waals surface area contributed by atoms with Crippen LogP contribution in [0.4, 0.5) is 0 Å². The molecule has 2 heteroatoms. The van der Waals surface area contributed by atoms with E-state index >= 15 is 0 Å². The van der Waals surface area contributed by atoms with Gasteiger partial charge in [0.25, 0.3) is 0 Å². The molecule has 0 atom stereocenters. The maximum atomic E-state index is 9.45. The summed E-state index contributed by atoms with van der Waals surface area (Å²) in [5.41, 5.74) is 2.63. The standard InChI is InChI=1S/C12H17NO/c1-9-2-3-11(14)8-12(9)10-4-6-13-7-5-10/h2-3,8,10,13-14H,4-7H2,1H3. The minimum absolute atomic E-state index is 0.393. The molecule has 1 aromatic rings. The van der Waals surface area contributed by atoms with E-state index in [-0.39, 0.29) is 0 Å². The molecule has 0 saturated carbocycles. The predicted octanol–water partition coefficient (Wildman–Crippen LogP) is 2.17. The molecule has 1 heterocycles. The van der Waals surface area contributed by atoms with E-state index in [9.17, 15) is 5.11 Å². The first-order valence-electron chi connectivity index (χ1n) is 5.27. The summed E-state index contributed by atoms with van der Waals surface area (Å²) >= 11 is 0. The van der Waals surface area contributed by atoms with Crippen LogP contribution in [0.15, 0.2) is 18.2 Å². The molecular weight excluding hydrogens is 174 g/mol. The van der Waals surface area contributed by atoms with Crippen LogP contribution in [0.1, 0.15) is 29.9 Å². The molecule has 0 bridgehead atoms. The lowest BCUT2D eigenvalue weighted by molar-refractivity contribution is 0.450. The van der Waals surface area contributed by atoms with E-state index in [0.29, 0.717) is 11.7 Å². The third-order valence-corrected chi connectivity index (χ3v) is 3.04. The molecule has 0 radical (unpaired) electrons. The number of benzene rings is 1. The van der Waals surface area contributed by atoms with Gasteiger partial charge in [0.1, 0.15) is 5.75 Å². The van der Waals surface area contributed by atoms with E-state index in [4.69, 9.17) is 0 Å². The molecule has 0 amide bonds. The maximum Gasteiger partial charge on any atom is 0.115 e. The van der Waals surface area contributed by atoms with Crippen LogP contribution < -0.4 is 5.32 Å². The van der Waals surface area contributed by atoms with Crippen LogP contribution >= 0.6 is 0 Å². The number of hydrogen-bond acceptors (Lipinski definition) is 2. The number of phenolic OH excluding ortho intramolecular Hbond substituents is 1. The molecule has 2 N–H and O–H groups in total. The Morgan fingerprint density at radius 1 is 1.29 bits per heavy atom. The van der Waals surface area contributed by atoms with Gasteiger partial charge in [-0.05, 0) is 62.0 Å². The Morgan fingerprint density at radius 3 is 2.71 bits per heavy atom. The minimum Gasteiger partial charge on any atom is -0.508 e. The fraction of sp³-hybridized carbons (Fsp3) is 0.500. The van der Waals surface area contributed by atoms with Gasteiger partial charge in [0.2, 0.25) is 0 Å². The highest BCUT2D eigenvalue weighted by Crippen LogP contribution is 2.30. The van der Waals surface area contributed by atoms with E-state index in [2.05, 4.69) is 12.2 Å². The average Bonchev–Trinajstić information content (AvgIpc) is 2.23. The van der Waals surface area contributed by atoms with Crippen molar-refractivity contribution in [2.24, 2.45) is 0 Å². The van der Waals surface area contributed by atoms with Crippen LogP contribution in [0.25, 0.3) is 0 Å². The topological polar surface area (TPSA) is 32.3 Å². The molecule has 0 unspecified atom stereocenters. The number of aromatic hydroxyl groups is 1. The predicted molar refractivity (Wildman–Crippen MR) is 57.7 cm³/mol. The number of rotatable bonds is 1. The van der Waals surface area contributed by atoms with Gasteiger partial charge in [-0.15, -0.1) is 0 Å². The molecule has 0 spiro atoms. The lowest BCUT2D eigenvalue weighted by Gasteiger charge is -2.24. The Morgan fingerprint density at radius 2 is 2.00 bits per heavy atom. The van der Waals surface area contributed by atoms with E-state index in [1.54, 1.807) is 6.07 Å². The van der Waals surface area contributed by atoms with E-state index in [0.717, 1.165) is 13.1 Å². The summed E-state index contributed by atoms with van der Waals surface area (Å²) in [4.78, 5) is 0. The molecule has 1 aromatic carbocycles. The van der Waals surface area contributed by atoms with Gasteiger partial charge in [-0.25, -0.2) is 0 Å². The smallest absolute Gasteiger partial charge is 0.115 e. The van der Waals surface area contributed by atoms with Gasteiger partial charge in [0.05, 0.1) is 0 Å². The largest absolute Gasteiger partial charge is 0.508 e. The average molecular weight is 191 g/mol. The Bertz CT molecular complexity index is 316. The molecule has 2 nitrogen and oxygen atoms in total. The van der Waals surface area contributed by atoms with Crippen LogP contribution in [0.2, 0.25) is 0 Å². The zero-order chi connectivity index (χ0) is 9.97. The van der Waals surface area contributed by atoms with Crippen molar-refractivity contribution in [2.75, 3.05) is 13.1 Å². The first-order chi connectivity index (χ1) is 6.77. The maximum absolute atomic E-state index is 9.45. The van der Waals surface area contributed by atoms with Crippen molar-refractivity contribution >= 4 is 0 Å². The van der Waals surface area contributed by atoms with Crippen LogP contribution in [0, 0.1) is 6.92 Å². The van der Waals surface area contributed by atoms with Crippen LogP contribution in [-0.4, -0.2) is 18.2 Å². The summed E-state index contributed by atoms with van der Waals surface area (Å²) in [5, 5.41) is 12.8. The Labute approximate surface area is 85.0 Å². The van der Waals surface area contributed by atoms with Crippen LogP contribution in [0.3, 0.4) is 0 Å². The third kappa shape index (κ3) is 1.90. The lowest BCUT2D eigenvalue weighted by atomic mass is 9.87. The zero-order valence-electron chi connectivity index (χ0n) is 8.59. The quantitative estimate of drug-likeness (QED) is 0.713. The van der Waals surface area contributed by atoms with Gasteiger partial charge >= 0.3 is 0 Å². The van der Waals surface area contributed by atoms with Crippen molar-refractivity contribution in [1.29, 1.82) is 0 Å². The molecule has 1 aliphatic heterocycles. The van der Waals surface area contributed by atoms with Crippen molar-refractivity contribution in [3.63, 3.8) is 0 Å². The molecule has 1 fully saturated rings.